The summed E-state index contributed by atoms with van der Waals surface area (Å²) in [4.78, 5) is 12.9. The normalized spacial score (nSPS) is 11.6. The third kappa shape index (κ3) is 5.09. The van der Waals surface area contributed by atoms with Crippen LogP contribution in [0.3, 0.4) is 0 Å². The molecule has 0 aliphatic carbocycles. The number of ether oxygens (including phenoxy) is 1. The van der Waals surface area contributed by atoms with Crippen molar-refractivity contribution in [3.63, 3.8) is 0 Å². The number of carbonyl (C=O) groups is 1. The van der Waals surface area contributed by atoms with Gasteiger partial charge in [0.15, 0.2) is 0 Å². The Morgan fingerprint density at radius 1 is 1.00 bits per heavy atom. The number of para-hydroxylation sites is 1. The number of hydrogen-bond donors (Lipinski definition) is 2. The first kappa shape index (κ1) is 19.0. The number of benzene rings is 3. The summed E-state index contributed by atoms with van der Waals surface area (Å²) in [6.07, 6.45) is 0. The average Bonchev–Trinajstić information content (AvgIpc) is 2.70. The predicted molar refractivity (Wildman–Crippen MR) is 109 cm³/mol. The van der Waals surface area contributed by atoms with Gasteiger partial charge in [-0.25, -0.2) is 0 Å². The third-order valence-corrected chi connectivity index (χ3v) is 4.41. The summed E-state index contributed by atoms with van der Waals surface area (Å²) in [7, 11) is 1.61. The molecule has 3 aromatic rings. The number of anilines is 1. The van der Waals surface area contributed by atoms with E-state index in [1.807, 2.05) is 72.8 Å². The molecule has 138 valence electrons. The Morgan fingerprint density at radius 3 is 2.33 bits per heavy atom. The van der Waals surface area contributed by atoms with Crippen molar-refractivity contribution in [2.45, 2.75) is 12.6 Å². The molecule has 5 heteroatoms. The van der Waals surface area contributed by atoms with E-state index < -0.39 is 6.04 Å². The van der Waals surface area contributed by atoms with E-state index in [9.17, 15) is 4.79 Å². The molecular weight excluding hydrogens is 360 g/mol. The van der Waals surface area contributed by atoms with Crippen molar-refractivity contribution in [3.05, 3.63) is 95.0 Å². The zero-order valence-electron chi connectivity index (χ0n) is 15.0. The number of nitrogens with one attached hydrogen (secondary N) is 2. The highest BCUT2D eigenvalue weighted by atomic mass is 35.5. The quantitative estimate of drug-likeness (QED) is 0.618. The Hall–Kier alpha value is -2.82. The maximum absolute atomic E-state index is 12.9. The highest BCUT2D eigenvalue weighted by Gasteiger charge is 2.20. The zero-order valence-corrected chi connectivity index (χ0v) is 15.7. The fourth-order valence-corrected chi connectivity index (χ4v) is 3.04. The van der Waals surface area contributed by atoms with Crippen LogP contribution in [-0.2, 0) is 11.3 Å². The second-order valence-corrected chi connectivity index (χ2v) is 6.47. The van der Waals surface area contributed by atoms with E-state index in [2.05, 4.69) is 10.6 Å². The first-order valence-corrected chi connectivity index (χ1v) is 9.02. The van der Waals surface area contributed by atoms with E-state index in [-0.39, 0.29) is 5.91 Å². The Bertz CT molecular complexity index is 885. The summed E-state index contributed by atoms with van der Waals surface area (Å²) < 4.78 is 5.40. The molecule has 1 atom stereocenters. The van der Waals surface area contributed by atoms with Gasteiger partial charge in [0.05, 0.1) is 7.11 Å². The van der Waals surface area contributed by atoms with Gasteiger partial charge in [-0.1, -0.05) is 60.1 Å². The van der Waals surface area contributed by atoms with Gasteiger partial charge in [0.25, 0.3) is 0 Å². The number of carbonyl (C=O) groups excluding carboxylic acids is 1. The van der Waals surface area contributed by atoms with Crippen LogP contribution in [0, 0.1) is 0 Å². The largest absolute Gasteiger partial charge is 0.496 e. The molecule has 0 fully saturated rings. The Balaban J connectivity index is 1.81. The summed E-state index contributed by atoms with van der Waals surface area (Å²) in [6.45, 7) is 0.436. The summed E-state index contributed by atoms with van der Waals surface area (Å²) in [5.74, 6) is 0.593. The van der Waals surface area contributed by atoms with Crippen LogP contribution in [-0.4, -0.2) is 13.0 Å². The molecule has 0 aliphatic rings. The summed E-state index contributed by atoms with van der Waals surface area (Å²) in [5.41, 5.74) is 2.52. The van der Waals surface area contributed by atoms with Gasteiger partial charge in [0.1, 0.15) is 11.8 Å². The van der Waals surface area contributed by atoms with E-state index in [4.69, 9.17) is 16.3 Å². The van der Waals surface area contributed by atoms with E-state index in [0.717, 1.165) is 22.6 Å². The van der Waals surface area contributed by atoms with Gasteiger partial charge in [0.2, 0.25) is 5.91 Å². The molecule has 27 heavy (non-hydrogen) atoms. The second kappa shape index (κ2) is 9.21. The SMILES string of the molecule is COc1ccc(Cl)cc1CNC(C(=O)Nc1ccccc1)c1ccccc1. The first-order chi connectivity index (χ1) is 13.2. The van der Waals surface area contributed by atoms with Crippen molar-refractivity contribution in [2.75, 3.05) is 12.4 Å². The number of rotatable bonds is 7. The smallest absolute Gasteiger partial charge is 0.246 e. The number of halogens is 1. The first-order valence-electron chi connectivity index (χ1n) is 8.64. The second-order valence-electron chi connectivity index (χ2n) is 6.04. The molecule has 0 aromatic heterocycles. The molecule has 0 saturated heterocycles. The minimum atomic E-state index is -0.518. The lowest BCUT2D eigenvalue weighted by atomic mass is 10.1. The maximum Gasteiger partial charge on any atom is 0.246 e. The molecule has 0 spiro atoms. The van der Waals surface area contributed by atoms with E-state index >= 15 is 0 Å². The van der Waals surface area contributed by atoms with Crippen LogP contribution >= 0.6 is 11.6 Å². The van der Waals surface area contributed by atoms with Crippen LogP contribution in [0.4, 0.5) is 5.69 Å². The van der Waals surface area contributed by atoms with Crippen LogP contribution in [0.15, 0.2) is 78.9 Å². The number of hydrogen-bond acceptors (Lipinski definition) is 3. The van der Waals surface area contributed by atoms with Crippen LogP contribution in [0.1, 0.15) is 17.2 Å². The van der Waals surface area contributed by atoms with Gasteiger partial charge < -0.3 is 10.1 Å². The van der Waals surface area contributed by atoms with Gasteiger partial charge in [-0.05, 0) is 35.9 Å². The van der Waals surface area contributed by atoms with Crippen LogP contribution < -0.4 is 15.4 Å². The minimum absolute atomic E-state index is 0.131. The third-order valence-electron chi connectivity index (χ3n) is 4.18. The topological polar surface area (TPSA) is 50.4 Å². The fourth-order valence-electron chi connectivity index (χ4n) is 2.84. The van der Waals surface area contributed by atoms with E-state index in [1.54, 1.807) is 13.2 Å². The Kier molecular flexibility index (Phi) is 6.47. The molecule has 0 bridgehead atoms. The van der Waals surface area contributed by atoms with Gasteiger partial charge in [-0.2, -0.15) is 0 Å². The molecule has 0 aliphatic heterocycles. The van der Waals surface area contributed by atoms with Crippen molar-refractivity contribution in [2.24, 2.45) is 0 Å². The summed E-state index contributed by atoms with van der Waals surface area (Å²) in [5, 5.41) is 6.90. The molecule has 1 amide bonds. The maximum atomic E-state index is 12.9. The van der Waals surface area contributed by atoms with Crippen molar-refractivity contribution >= 4 is 23.2 Å². The Labute approximate surface area is 164 Å². The number of amides is 1. The highest BCUT2D eigenvalue weighted by molar-refractivity contribution is 6.30. The standard InChI is InChI=1S/C22H21ClN2O2/c1-27-20-13-12-18(23)14-17(20)15-24-21(16-8-4-2-5-9-16)22(26)25-19-10-6-3-7-11-19/h2-14,21,24H,15H2,1H3,(H,25,26). The van der Waals surface area contributed by atoms with E-state index in [0.29, 0.717) is 11.6 Å². The van der Waals surface area contributed by atoms with Crippen molar-refractivity contribution in [1.82, 2.24) is 5.32 Å². The monoisotopic (exact) mass is 380 g/mol. The van der Waals surface area contributed by atoms with Crippen molar-refractivity contribution < 1.29 is 9.53 Å². The average molecular weight is 381 g/mol. The lowest BCUT2D eigenvalue weighted by Crippen LogP contribution is -2.32. The molecule has 0 heterocycles. The lowest BCUT2D eigenvalue weighted by molar-refractivity contribution is -0.118. The fraction of sp³-hybridized carbons (Fsp3) is 0.136. The van der Waals surface area contributed by atoms with Gasteiger partial charge in [-0.3, -0.25) is 10.1 Å². The molecule has 2 N–H and O–H groups in total. The van der Waals surface area contributed by atoms with Crippen LogP contribution in [0.5, 0.6) is 5.75 Å². The van der Waals surface area contributed by atoms with Crippen LogP contribution in [0.25, 0.3) is 0 Å². The molecule has 3 rings (SSSR count). The van der Waals surface area contributed by atoms with Crippen molar-refractivity contribution in [1.29, 1.82) is 0 Å². The minimum Gasteiger partial charge on any atom is -0.496 e. The molecule has 3 aromatic carbocycles. The molecule has 0 radical (unpaired) electrons. The van der Waals surface area contributed by atoms with Gasteiger partial charge in [0, 0.05) is 22.8 Å². The predicted octanol–water partition coefficient (Wildman–Crippen LogP) is 4.82. The Morgan fingerprint density at radius 2 is 1.67 bits per heavy atom. The molecule has 4 nitrogen and oxygen atoms in total. The number of methoxy groups -OCH3 is 1. The summed E-state index contributed by atoms with van der Waals surface area (Å²) >= 11 is 6.11. The van der Waals surface area contributed by atoms with Crippen molar-refractivity contribution in [3.8, 4) is 5.75 Å². The zero-order chi connectivity index (χ0) is 19.1. The molecular formula is C22H21ClN2O2. The highest BCUT2D eigenvalue weighted by Crippen LogP contribution is 2.24. The van der Waals surface area contributed by atoms with Gasteiger partial charge >= 0.3 is 0 Å². The van der Waals surface area contributed by atoms with Crippen LogP contribution in [0.2, 0.25) is 5.02 Å². The van der Waals surface area contributed by atoms with Gasteiger partial charge in [-0.15, -0.1) is 0 Å². The summed E-state index contributed by atoms with van der Waals surface area (Å²) in [6, 6.07) is 23.9. The molecule has 1 unspecified atom stereocenters. The molecule has 0 saturated carbocycles. The lowest BCUT2D eigenvalue weighted by Gasteiger charge is -2.20. The van der Waals surface area contributed by atoms with E-state index in [1.165, 1.54) is 0 Å².